The van der Waals surface area contributed by atoms with Gasteiger partial charge >= 0.3 is 0 Å². The van der Waals surface area contributed by atoms with Crippen molar-refractivity contribution in [3.63, 3.8) is 0 Å². The number of carbonyl (C=O) groups is 2. The largest absolute Gasteiger partial charge is 0.299 e. The van der Waals surface area contributed by atoms with Crippen LogP contribution in [-0.4, -0.2) is 11.6 Å². The molecule has 5 aliphatic rings. The average molecular weight is 240 g/mol. The van der Waals surface area contributed by atoms with Gasteiger partial charge in [-0.3, -0.25) is 9.59 Å². The minimum atomic E-state index is 0.0431. The molecule has 4 bridgehead atoms. The van der Waals surface area contributed by atoms with Crippen molar-refractivity contribution in [2.45, 2.75) is 12.8 Å². The number of rotatable bonds is 0. The highest BCUT2D eigenvalue weighted by atomic mass is 16.1. The molecule has 92 valence electrons. The summed E-state index contributed by atoms with van der Waals surface area (Å²) in [6.07, 6.45) is 10.9. The third kappa shape index (κ3) is 0.877. The van der Waals surface area contributed by atoms with Gasteiger partial charge in [-0.15, -0.1) is 0 Å². The Bertz CT molecular complexity index is 441. The highest BCUT2D eigenvalue weighted by Gasteiger charge is 2.63. The summed E-state index contributed by atoms with van der Waals surface area (Å²) in [4.78, 5) is 25.6. The fraction of sp³-hybridized carbons (Fsp3) is 0.625. The third-order valence-electron chi connectivity index (χ3n) is 6.23. The maximum Gasteiger partial charge on any atom is 0.141 e. The summed E-state index contributed by atoms with van der Waals surface area (Å²) in [5.74, 6) is 2.53. The number of hydrogen-bond donors (Lipinski definition) is 0. The predicted molar refractivity (Wildman–Crippen MR) is 65.4 cm³/mol. The van der Waals surface area contributed by atoms with Crippen molar-refractivity contribution >= 4 is 11.6 Å². The standard InChI is InChI=1S/C16H16O2/c17-15-11-7-1-2-8(5-7)12(11)16(18)14-10-4-3-9(6-10)13(14)15/h1-4,7-14H,5-6H2/t7-,8+,9-,10+,11?,12?,13?,14?. The van der Waals surface area contributed by atoms with Crippen LogP contribution in [0.1, 0.15) is 12.8 Å². The lowest BCUT2D eigenvalue weighted by Crippen LogP contribution is -2.50. The second-order valence-corrected chi connectivity index (χ2v) is 6.80. The monoisotopic (exact) mass is 240 g/mol. The Balaban J connectivity index is 1.65. The fourth-order valence-corrected chi connectivity index (χ4v) is 5.64. The maximum absolute atomic E-state index is 12.8. The predicted octanol–water partition coefficient (Wildman–Crippen LogP) is 2.01. The normalized spacial score (nSPS) is 58.4. The van der Waals surface area contributed by atoms with Gasteiger partial charge in [0, 0.05) is 23.7 Å². The molecule has 0 saturated heterocycles. The number of ketones is 2. The summed E-state index contributed by atoms with van der Waals surface area (Å²) < 4.78 is 0. The minimum Gasteiger partial charge on any atom is -0.299 e. The number of Topliss-reactive ketones (excluding diaryl/α,β-unsaturated/α-hetero) is 2. The summed E-state index contributed by atoms with van der Waals surface area (Å²) in [5.41, 5.74) is 0. The molecule has 2 heteroatoms. The molecule has 5 rings (SSSR count). The molecule has 0 N–H and O–H groups in total. The zero-order valence-corrected chi connectivity index (χ0v) is 10.2. The second kappa shape index (κ2) is 2.87. The number of fused-ring (bicyclic) bond motifs is 10. The van der Waals surface area contributed by atoms with Gasteiger partial charge in [0.15, 0.2) is 0 Å². The molecule has 3 saturated carbocycles. The molecule has 0 amide bonds. The van der Waals surface area contributed by atoms with Crippen LogP contribution in [0.5, 0.6) is 0 Å². The van der Waals surface area contributed by atoms with Gasteiger partial charge < -0.3 is 0 Å². The molecule has 4 unspecified atom stereocenters. The van der Waals surface area contributed by atoms with Crippen molar-refractivity contribution in [2.24, 2.45) is 47.3 Å². The van der Waals surface area contributed by atoms with Crippen LogP contribution in [-0.2, 0) is 9.59 Å². The SMILES string of the molecule is O=C1C2C(C(=O)C3C1[C@@H]1C=C[C@H]3C1)[C@H]1C=C[C@@H]2C1. The van der Waals surface area contributed by atoms with Crippen LogP contribution in [0.3, 0.4) is 0 Å². The third-order valence-corrected chi connectivity index (χ3v) is 6.23. The lowest BCUT2D eigenvalue weighted by atomic mass is 9.60. The van der Waals surface area contributed by atoms with E-state index in [-0.39, 0.29) is 23.7 Å². The Kier molecular flexibility index (Phi) is 1.55. The first kappa shape index (κ1) is 9.71. The Morgan fingerprint density at radius 1 is 0.611 bits per heavy atom. The lowest BCUT2D eigenvalue weighted by Gasteiger charge is -2.40. The van der Waals surface area contributed by atoms with Crippen molar-refractivity contribution in [1.29, 1.82) is 0 Å². The van der Waals surface area contributed by atoms with Gasteiger partial charge in [0.05, 0.1) is 0 Å². The Morgan fingerprint density at radius 2 is 0.889 bits per heavy atom. The number of carbonyl (C=O) groups excluding carboxylic acids is 2. The Hall–Kier alpha value is -1.18. The second-order valence-electron chi connectivity index (χ2n) is 6.80. The van der Waals surface area contributed by atoms with E-state index in [0.717, 1.165) is 12.8 Å². The molecular formula is C16H16O2. The highest BCUT2D eigenvalue weighted by Crippen LogP contribution is 2.60. The molecule has 0 aromatic carbocycles. The van der Waals surface area contributed by atoms with E-state index in [0.29, 0.717) is 35.2 Å². The summed E-state index contributed by atoms with van der Waals surface area (Å²) >= 11 is 0. The first-order valence-electron chi connectivity index (χ1n) is 7.20. The van der Waals surface area contributed by atoms with E-state index >= 15 is 0 Å². The van der Waals surface area contributed by atoms with Gasteiger partial charge in [0.25, 0.3) is 0 Å². The van der Waals surface area contributed by atoms with Crippen molar-refractivity contribution in [1.82, 2.24) is 0 Å². The fourth-order valence-electron chi connectivity index (χ4n) is 5.64. The molecule has 0 aromatic rings. The molecule has 2 nitrogen and oxygen atoms in total. The quantitative estimate of drug-likeness (QED) is 0.607. The average Bonchev–Trinajstić information content (AvgIpc) is 3.10. The van der Waals surface area contributed by atoms with E-state index in [9.17, 15) is 9.59 Å². The summed E-state index contributed by atoms with van der Waals surface area (Å²) in [6, 6.07) is 0. The highest BCUT2D eigenvalue weighted by molar-refractivity contribution is 6.02. The lowest BCUT2D eigenvalue weighted by molar-refractivity contribution is -0.148. The van der Waals surface area contributed by atoms with Gasteiger partial charge in [0.1, 0.15) is 11.6 Å². The van der Waals surface area contributed by atoms with E-state index < -0.39 is 0 Å². The summed E-state index contributed by atoms with van der Waals surface area (Å²) in [5, 5.41) is 0. The van der Waals surface area contributed by atoms with E-state index in [2.05, 4.69) is 24.3 Å². The first-order chi connectivity index (χ1) is 8.75. The van der Waals surface area contributed by atoms with Crippen LogP contribution >= 0.6 is 0 Å². The molecular weight excluding hydrogens is 224 g/mol. The van der Waals surface area contributed by atoms with Gasteiger partial charge in [-0.25, -0.2) is 0 Å². The molecule has 0 radical (unpaired) electrons. The van der Waals surface area contributed by atoms with Crippen LogP contribution in [0.2, 0.25) is 0 Å². The topological polar surface area (TPSA) is 34.1 Å². The maximum atomic E-state index is 12.8. The molecule has 0 aromatic heterocycles. The number of hydrogen-bond acceptors (Lipinski definition) is 2. The molecule has 0 spiro atoms. The Labute approximate surface area is 106 Å². The van der Waals surface area contributed by atoms with E-state index in [1.165, 1.54) is 0 Å². The van der Waals surface area contributed by atoms with Crippen LogP contribution in [0.15, 0.2) is 24.3 Å². The molecule has 3 fully saturated rings. The molecule has 5 aliphatic carbocycles. The molecule has 18 heavy (non-hydrogen) atoms. The summed E-state index contributed by atoms with van der Waals surface area (Å²) in [6.45, 7) is 0. The van der Waals surface area contributed by atoms with Crippen molar-refractivity contribution in [3.05, 3.63) is 24.3 Å². The van der Waals surface area contributed by atoms with Crippen molar-refractivity contribution in [3.8, 4) is 0 Å². The van der Waals surface area contributed by atoms with Gasteiger partial charge in [-0.1, -0.05) is 24.3 Å². The minimum absolute atomic E-state index is 0.0431. The van der Waals surface area contributed by atoms with Crippen molar-refractivity contribution in [2.75, 3.05) is 0 Å². The van der Waals surface area contributed by atoms with Crippen LogP contribution < -0.4 is 0 Å². The van der Waals surface area contributed by atoms with Crippen LogP contribution in [0.4, 0.5) is 0 Å². The van der Waals surface area contributed by atoms with E-state index in [1.54, 1.807) is 0 Å². The zero-order chi connectivity index (χ0) is 12.0. The number of allylic oxidation sites excluding steroid dienone is 4. The summed E-state index contributed by atoms with van der Waals surface area (Å²) in [7, 11) is 0. The smallest absolute Gasteiger partial charge is 0.141 e. The zero-order valence-electron chi connectivity index (χ0n) is 10.2. The van der Waals surface area contributed by atoms with Crippen molar-refractivity contribution < 1.29 is 9.59 Å². The molecule has 0 aliphatic heterocycles. The molecule has 8 atom stereocenters. The van der Waals surface area contributed by atoms with Gasteiger partial charge in [0.2, 0.25) is 0 Å². The van der Waals surface area contributed by atoms with E-state index in [1.807, 2.05) is 0 Å². The van der Waals surface area contributed by atoms with Gasteiger partial charge in [-0.2, -0.15) is 0 Å². The van der Waals surface area contributed by atoms with E-state index in [4.69, 9.17) is 0 Å². The van der Waals surface area contributed by atoms with Gasteiger partial charge in [-0.05, 0) is 36.5 Å². The molecule has 0 heterocycles. The Morgan fingerprint density at radius 3 is 1.17 bits per heavy atom. The first-order valence-corrected chi connectivity index (χ1v) is 7.20. The van der Waals surface area contributed by atoms with Crippen LogP contribution in [0.25, 0.3) is 0 Å². The van der Waals surface area contributed by atoms with Crippen LogP contribution in [0, 0.1) is 47.3 Å².